The molecule has 0 radical (unpaired) electrons. The Labute approximate surface area is 152 Å². The van der Waals surface area contributed by atoms with Crippen LogP contribution in [0.2, 0.25) is 0 Å². The number of nitrogens with zero attached hydrogens (tertiary/aromatic N) is 3. The van der Waals surface area contributed by atoms with Crippen LogP contribution in [0.5, 0.6) is 0 Å². The molecule has 1 aromatic heterocycles. The number of anilines is 1. The van der Waals surface area contributed by atoms with Crippen LogP contribution in [0.3, 0.4) is 0 Å². The van der Waals surface area contributed by atoms with Crippen LogP contribution < -0.4 is 5.73 Å². The van der Waals surface area contributed by atoms with Crippen molar-refractivity contribution in [2.45, 2.75) is 56.3 Å². The number of amides is 1. The predicted molar refractivity (Wildman–Crippen MR) is 98.1 cm³/mol. The number of aryl methyl sites for hydroxylation is 1. The minimum Gasteiger partial charge on any atom is -0.384 e. The number of nitrogen functional groups attached to an aromatic ring is 1. The van der Waals surface area contributed by atoms with Crippen molar-refractivity contribution in [2.75, 3.05) is 23.0 Å². The molecule has 2 fully saturated rings. The Morgan fingerprint density at radius 2 is 2.00 bits per heavy atom. The van der Waals surface area contributed by atoms with Gasteiger partial charge in [-0.1, -0.05) is 24.6 Å². The molecule has 0 bridgehead atoms. The van der Waals surface area contributed by atoms with Gasteiger partial charge in [0.05, 0.1) is 17.3 Å². The third kappa shape index (κ3) is 4.63. The van der Waals surface area contributed by atoms with E-state index in [0.717, 1.165) is 31.4 Å². The second-order valence-corrected chi connectivity index (χ2v) is 9.97. The van der Waals surface area contributed by atoms with Crippen LogP contribution in [0.1, 0.15) is 37.8 Å². The fourth-order valence-corrected chi connectivity index (χ4v) is 6.20. The van der Waals surface area contributed by atoms with Crippen molar-refractivity contribution < 1.29 is 13.2 Å². The zero-order chi connectivity index (χ0) is 18.0. The lowest BCUT2D eigenvalue weighted by Gasteiger charge is -2.34. The van der Waals surface area contributed by atoms with E-state index < -0.39 is 9.84 Å². The zero-order valence-electron chi connectivity index (χ0n) is 14.3. The molecule has 1 aromatic rings. The molecule has 2 aliphatic rings. The van der Waals surface area contributed by atoms with Gasteiger partial charge in [0, 0.05) is 23.8 Å². The molecule has 1 aliphatic heterocycles. The van der Waals surface area contributed by atoms with Gasteiger partial charge in [-0.05, 0) is 26.2 Å². The number of rotatable bonds is 5. The summed E-state index contributed by atoms with van der Waals surface area (Å²) in [6.45, 7) is 1.83. The molecule has 25 heavy (non-hydrogen) atoms. The minimum absolute atomic E-state index is 0.0253. The van der Waals surface area contributed by atoms with E-state index in [9.17, 15) is 13.2 Å². The van der Waals surface area contributed by atoms with Gasteiger partial charge >= 0.3 is 0 Å². The van der Waals surface area contributed by atoms with Crippen molar-refractivity contribution in [3.63, 3.8) is 0 Å². The number of nitrogens with two attached hydrogens (primary N) is 1. The first-order chi connectivity index (χ1) is 11.8. The zero-order valence-corrected chi connectivity index (χ0v) is 16.0. The number of hydrogen-bond acceptors (Lipinski definition) is 7. The summed E-state index contributed by atoms with van der Waals surface area (Å²) in [7, 11) is -3.02. The fourth-order valence-electron chi connectivity index (χ4n) is 3.71. The molecular formula is C16H24N4O3S2. The summed E-state index contributed by atoms with van der Waals surface area (Å²) in [5.41, 5.74) is 6.49. The average molecular weight is 385 g/mol. The van der Waals surface area contributed by atoms with Crippen LogP contribution in [-0.4, -0.2) is 58.5 Å². The Morgan fingerprint density at radius 1 is 1.28 bits per heavy atom. The van der Waals surface area contributed by atoms with E-state index in [1.54, 1.807) is 6.07 Å². The van der Waals surface area contributed by atoms with E-state index in [4.69, 9.17) is 5.73 Å². The van der Waals surface area contributed by atoms with Gasteiger partial charge in [0.2, 0.25) is 5.91 Å². The molecule has 3 rings (SSSR count). The molecule has 2 heterocycles. The van der Waals surface area contributed by atoms with Gasteiger partial charge in [0.15, 0.2) is 15.0 Å². The Hall–Kier alpha value is -1.35. The van der Waals surface area contributed by atoms with Gasteiger partial charge in [0.25, 0.3) is 0 Å². The first-order valence-electron chi connectivity index (χ1n) is 8.59. The summed E-state index contributed by atoms with van der Waals surface area (Å²) in [6.07, 6.45) is 4.65. The van der Waals surface area contributed by atoms with Crippen LogP contribution in [0.15, 0.2) is 11.2 Å². The first-order valence-corrected chi connectivity index (χ1v) is 11.4. The quantitative estimate of drug-likeness (QED) is 0.604. The summed E-state index contributed by atoms with van der Waals surface area (Å²) >= 11 is 1.26. The smallest absolute Gasteiger partial charge is 0.233 e. The molecule has 1 saturated carbocycles. The first kappa shape index (κ1) is 18.4. The molecule has 9 heteroatoms. The molecule has 0 unspecified atom stereocenters. The second kappa shape index (κ2) is 7.49. The van der Waals surface area contributed by atoms with Gasteiger partial charge in [-0.2, -0.15) is 0 Å². The van der Waals surface area contributed by atoms with Crippen LogP contribution in [0.4, 0.5) is 5.82 Å². The predicted octanol–water partition coefficient (Wildman–Crippen LogP) is 1.42. The van der Waals surface area contributed by atoms with Gasteiger partial charge in [-0.3, -0.25) is 4.79 Å². The standard InChI is InChI=1S/C16H24N4O3S2/c1-11-8-14(17)19-16(18-11)24-9-15(21)20(12-4-2-3-5-12)13-6-7-25(22,23)10-13/h8,12-13H,2-7,9-10H2,1H3,(H2,17,18,19)/t13-/m1/s1. The highest BCUT2D eigenvalue weighted by Gasteiger charge is 2.38. The summed E-state index contributed by atoms with van der Waals surface area (Å²) < 4.78 is 23.7. The molecule has 1 atom stereocenters. The van der Waals surface area contributed by atoms with Crippen molar-refractivity contribution in [2.24, 2.45) is 0 Å². The lowest BCUT2D eigenvalue weighted by molar-refractivity contribution is -0.132. The van der Waals surface area contributed by atoms with E-state index in [1.165, 1.54) is 11.8 Å². The molecule has 0 spiro atoms. The molecule has 7 nitrogen and oxygen atoms in total. The average Bonchev–Trinajstić information content (AvgIpc) is 3.15. The molecule has 1 amide bonds. The molecule has 1 saturated heterocycles. The van der Waals surface area contributed by atoms with E-state index in [1.807, 2.05) is 11.8 Å². The van der Waals surface area contributed by atoms with E-state index >= 15 is 0 Å². The van der Waals surface area contributed by atoms with Crippen molar-refractivity contribution in [3.8, 4) is 0 Å². The molecular weight excluding hydrogens is 360 g/mol. The normalized spacial score (nSPS) is 23.0. The van der Waals surface area contributed by atoms with Gasteiger partial charge in [-0.25, -0.2) is 18.4 Å². The minimum atomic E-state index is -3.02. The Morgan fingerprint density at radius 3 is 2.60 bits per heavy atom. The largest absolute Gasteiger partial charge is 0.384 e. The Bertz CT molecular complexity index is 727. The maximum atomic E-state index is 12.9. The molecule has 0 aromatic carbocycles. The summed E-state index contributed by atoms with van der Waals surface area (Å²) in [5, 5.41) is 0.483. The van der Waals surface area contributed by atoms with Crippen molar-refractivity contribution in [1.82, 2.24) is 14.9 Å². The lowest BCUT2D eigenvalue weighted by atomic mass is 10.1. The number of carbonyl (C=O) groups is 1. The number of sulfone groups is 1. The Kier molecular flexibility index (Phi) is 5.52. The highest BCUT2D eigenvalue weighted by atomic mass is 32.2. The maximum absolute atomic E-state index is 12.9. The van der Waals surface area contributed by atoms with Gasteiger partial charge < -0.3 is 10.6 Å². The van der Waals surface area contributed by atoms with Crippen molar-refractivity contribution >= 4 is 33.3 Å². The SMILES string of the molecule is Cc1cc(N)nc(SCC(=O)N(C2CCCC2)[C@@H]2CCS(=O)(=O)C2)n1. The number of hydrogen-bond donors (Lipinski definition) is 1. The number of carbonyl (C=O) groups excluding carboxylic acids is 1. The monoisotopic (exact) mass is 384 g/mol. The summed E-state index contributed by atoms with van der Waals surface area (Å²) in [6, 6.07) is 1.65. The molecule has 138 valence electrons. The third-order valence-corrected chi connectivity index (χ3v) is 7.37. The third-order valence-electron chi connectivity index (χ3n) is 4.79. The lowest BCUT2D eigenvalue weighted by Crippen LogP contribution is -2.47. The highest BCUT2D eigenvalue weighted by molar-refractivity contribution is 7.99. The topological polar surface area (TPSA) is 106 Å². The molecule has 1 aliphatic carbocycles. The van der Waals surface area contributed by atoms with E-state index in [2.05, 4.69) is 9.97 Å². The van der Waals surface area contributed by atoms with E-state index in [0.29, 0.717) is 17.4 Å². The van der Waals surface area contributed by atoms with Crippen LogP contribution >= 0.6 is 11.8 Å². The van der Waals surface area contributed by atoms with Crippen molar-refractivity contribution in [3.05, 3.63) is 11.8 Å². The number of thioether (sulfide) groups is 1. The van der Waals surface area contributed by atoms with Crippen LogP contribution in [-0.2, 0) is 14.6 Å². The number of aromatic nitrogens is 2. The van der Waals surface area contributed by atoms with Gasteiger partial charge in [-0.15, -0.1) is 0 Å². The highest BCUT2D eigenvalue weighted by Crippen LogP contribution is 2.30. The maximum Gasteiger partial charge on any atom is 0.233 e. The van der Waals surface area contributed by atoms with Crippen LogP contribution in [0.25, 0.3) is 0 Å². The van der Waals surface area contributed by atoms with Crippen molar-refractivity contribution in [1.29, 1.82) is 0 Å². The second-order valence-electron chi connectivity index (χ2n) is 6.80. The Balaban J connectivity index is 1.70. The fraction of sp³-hybridized carbons (Fsp3) is 0.688. The van der Waals surface area contributed by atoms with Gasteiger partial charge in [0.1, 0.15) is 5.82 Å². The summed E-state index contributed by atoms with van der Waals surface area (Å²) in [4.78, 5) is 23.2. The van der Waals surface area contributed by atoms with E-state index in [-0.39, 0.29) is 35.2 Å². The molecule has 2 N–H and O–H groups in total. The van der Waals surface area contributed by atoms with Crippen LogP contribution in [0, 0.1) is 6.92 Å². The summed E-state index contributed by atoms with van der Waals surface area (Å²) in [5.74, 6) is 0.836.